The number of carbonyl (C=O) groups is 1. The molecule has 1 aromatic rings. The minimum atomic E-state index is 0.0686. The molecule has 96 valence electrons. The van der Waals surface area contributed by atoms with Crippen molar-refractivity contribution < 1.29 is 9.32 Å². The van der Waals surface area contributed by atoms with Gasteiger partial charge in [0.05, 0.1) is 0 Å². The Morgan fingerprint density at radius 1 is 1.47 bits per heavy atom. The van der Waals surface area contributed by atoms with Crippen molar-refractivity contribution in [1.29, 1.82) is 0 Å². The molecule has 1 aromatic heterocycles. The fourth-order valence-electron chi connectivity index (χ4n) is 1.34. The van der Waals surface area contributed by atoms with Gasteiger partial charge in [0.2, 0.25) is 12.3 Å². The van der Waals surface area contributed by atoms with E-state index in [1.165, 1.54) is 6.39 Å². The van der Waals surface area contributed by atoms with Crippen LogP contribution in [0.5, 0.6) is 0 Å². The number of carbonyl (C=O) groups excluding carboxylic acids is 1. The average Bonchev–Trinajstić information content (AvgIpc) is 2.77. The molecule has 0 aromatic carbocycles. The van der Waals surface area contributed by atoms with Crippen molar-refractivity contribution in [2.24, 2.45) is 0 Å². The van der Waals surface area contributed by atoms with Crippen molar-refractivity contribution in [2.45, 2.75) is 39.2 Å². The van der Waals surface area contributed by atoms with Crippen LogP contribution >= 0.6 is 0 Å². The number of aromatic nitrogens is 2. The molecule has 17 heavy (non-hydrogen) atoms. The summed E-state index contributed by atoms with van der Waals surface area (Å²) in [6, 6.07) is 0.469. The lowest BCUT2D eigenvalue weighted by molar-refractivity contribution is -0.121. The molecule has 0 unspecified atom stereocenters. The van der Waals surface area contributed by atoms with Gasteiger partial charge in [-0.1, -0.05) is 19.0 Å². The lowest BCUT2D eigenvalue weighted by Gasteiger charge is -2.07. The van der Waals surface area contributed by atoms with Gasteiger partial charge in [0.25, 0.3) is 0 Å². The molecule has 0 aliphatic carbocycles. The number of hydrogen-bond donors (Lipinski definition) is 2. The van der Waals surface area contributed by atoms with E-state index in [2.05, 4.69) is 39.1 Å². The summed E-state index contributed by atoms with van der Waals surface area (Å²) in [6.07, 6.45) is 3.29. The van der Waals surface area contributed by atoms with Gasteiger partial charge in [-0.15, -0.1) is 0 Å². The van der Waals surface area contributed by atoms with Gasteiger partial charge in [0.1, 0.15) is 0 Å². The third-order valence-corrected chi connectivity index (χ3v) is 2.21. The summed E-state index contributed by atoms with van der Waals surface area (Å²) in [4.78, 5) is 15.3. The van der Waals surface area contributed by atoms with E-state index in [9.17, 15) is 4.79 Å². The first-order valence-electron chi connectivity index (χ1n) is 5.94. The largest absolute Gasteiger partial charge is 0.356 e. The van der Waals surface area contributed by atoms with Gasteiger partial charge < -0.3 is 15.2 Å². The van der Waals surface area contributed by atoms with Crippen LogP contribution in [0.4, 0.5) is 0 Å². The zero-order valence-electron chi connectivity index (χ0n) is 10.4. The molecule has 0 saturated heterocycles. The van der Waals surface area contributed by atoms with Crippen molar-refractivity contribution in [3.63, 3.8) is 0 Å². The summed E-state index contributed by atoms with van der Waals surface area (Å²) in [5.74, 6) is 0.686. The van der Waals surface area contributed by atoms with E-state index in [0.29, 0.717) is 31.3 Å². The number of nitrogens with zero attached hydrogens (tertiary/aromatic N) is 2. The molecule has 6 nitrogen and oxygen atoms in total. The summed E-state index contributed by atoms with van der Waals surface area (Å²) < 4.78 is 4.59. The van der Waals surface area contributed by atoms with Gasteiger partial charge >= 0.3 is 0 Å². The van der Waals surface area contributed by atoms with Crippen LogP contribution in [-0.4, -0.2) is 35.2 Å². The highest BCUT2D eigenvalue weighted by atomic mass is 16.5. The van der Waals surface area contributed by atoms with E-state index < -0.39 is 0 Å². The van der Waals surface area contributed by atoms with Crippen LogP contribution in [-0.2, 0) is 11.2 Å². The van der Waals surface area contributed by atoms with E-state index in [0.717, 1.165) is 13.0 Å². The molecule has 0 spiro atoms. The predicted molar refractivity (Wildman–Crippen MR) is 63.4 cm³/mol. The van der Waals surface area contributed by atoms with Gasteiger partial charge in [0, 0.05) is 25.4 Å². The molecule has 0 fully saturated rings. The van der Waals surface area contributed by atoms with Gasteiger partial charge in [0.15, 0.2) is 5.82 Å². The Morgan fingerprint density at radius 2 is 2.29 bits per heavy atom. The van der Waals surface area contributed by atoms with Crippen LogP contribution in [0.15, 0.2) is 10.9 Å². The molecule has 2 N–H and O–H groups in total. The molecule has 0 aliphatic heterocycles. The zero-order valence-corrected chi connectivity index (χ0v) is 10.4. The number of amides is 1. The lowest BCUT2D eigenvalue weighted by Crippen LogP contribution is -2.28. The lowest BCUT2D eigenvalue weighted by atomic mass is 10.2. The molecule has 0 saturated carbocycles. The van der Waals surface area contributed by atoms with Gasteiger partial charge in [-0.25, -0.2) is 0 Å². The molecule has 1 amide bonds. The van der Waals surface area contributed by atoms with E-state index >= 15 is 0 Å². The highest BCUT2D eigenvalue weighted by Crippen LogP contribution is 1.91. The van der Waals surface area contributed by atoms with Crippen molar-refractivity contribution >= 4 is 5.91 Å². The topological polar surface area (TPSA) is 80.0 Å². The van der Waals surface area contributed by atoms with Crippen LogP contribution in [0.2, 0.25) is 0 Å². The van der Waals surface area contributed by atoms with E-state index in [4.69, 9.17) is 0 Å². The summed E-state index contributed by atoms with van der Waals surface area (Å²) in [5.41, 5.74) is 0. The second-order valence-electron chi connectivity index (χ2n) is 4.16. The first-order chi connectivity index (χ1) is 8.18. The molecule has 0 aliphatic rings. The average molecular weight is 240 g/mol. The SMILES string of the molecule is CC(C)NCCCC(=O)NCCc1ncon1. The third-order valence-electron chi connectivity index (χ3n) is 2.21. The maximum atomic E-state index is 11.4. The van der Waals surface area contributed by atoms with Crippen LogP contribution in [0.3, 0.4) is 0 Å². The summed E-state index contributed by atoms with van der Waals surface area (Å²) >= 11 is 0. The Kier molecular flexibility index (Phi) is 6.24. The first-order valence-corrected chi connectivity index (χ1v) is 5.94. The smallest absolute Gasteiger partial charge is 0.220 e. The second-order valence-corrected chi connectivity index (χ2v) is 4.16. The number of hydrogen-bond acceptors (Lipinski definition) is 5. The number of nitrogens with one attached hydrogen (secondary N) is 2. The van der Waals surface area contributed by atoms with E-state index in [1.54, 1.807) is 0 Å². The second kappa shape index (κ2) is 7.78. The third kappa shape index (κ3) is 6.68. The molecule has 0 bridgehead atoms. The highest BCUT2D eigenvalue weighted by molar-refractivity contribution is 5.75. The quantitative estimate of drug-likeness (QED) is 0.647. The van der Waals surface area contributed by atoms with Crippen LogP contribution in [0.25, 0.3) is 0 Å². The fourth-order valence-corrected chi connectivity index (χ4v) is 1.34. The molecule has 1 heterocycles. The normalized spacial score (nSPS) is 10.8. The Bertz CT molecular complexity index is 311. The van der Waals surface area contributed by atoms with Crippen molar-refractivity contribution in [3.8, 4) is 0 Å². The maximum absolute atomic E-state index is 11.4. The Morgan fingerprint density at radius 3 is 2.94 bits per heavy atom. The minimum Gasteiger partial charge on any atom is -0.356 e. The first kappa shape index (κ1) is 13.6. The fraction of sp³-hybridized carbons (Fsp3) is 0.727. The Hall–Kier alpha value is -1.43. The van der Waals surface area contributed by atoms with E-state index in [-0.39, 0.29) is 5.91 Å². The molecule has 0 radical (unpaired) electrons. The van der Waals surface area contributed by atoms with Crippen molar-refractivity contribution in [3.05, 3.63) is 12.2 Å². The summed E-state index contributed by atoms with van der Waals surface area (Å²) in [5, 5.41) is 9.75. The summed E-state index contributed by atoms with van der Waals surface area (Å²) in [7, 11) is 0. The van der Waals surface area contributed by atoms with Crippen molar-refractivity contribution in [2.75, 3.05) is 13.1 Å². The highest BCUT2D eigenvalue weighted by Gasteiger charge is 2.02. The minimum absolute atomic E-state index is 0.0686. The van der Waals surface area contributed by atoms with Gasteiger partial charge in [-0.05, 0) is 13.0 Å². The standard InChI is InChI=1S/C11H20N4O2/c1-9(2)12-6-3-4-11(16)13-7-5-10-14-8-17-15-10/h8-9,12H,3-7H2,1-2H3,(H,13,16). The summed E-state index contributed by atoms with van der Waals surface area (Å²) in [6.45, 7) is 5.60. The number of rotatable bonds is 8. The van der Waals surface area contributed by atoms with Crippen LogP contribution in [0, 0.1) is 0 Å². The van der Waals surface area contributed by atoms with Gasteiger partial charge in [-0.2, -0.15) is 4.98 Å². The molecular weight excluding hydrogens is 220 g/mol. The van der Waals surface area contributed by atoms with Crippen LogP contribution in [0.1, 0.15) is 32.5 Å². The molecule has 6 heteroatoms. The van der Waals surface area contributed by atoms with Gasteiger partial charge in [-0.3, -0.25) is 4.79 Å². The molecule has 0 atom stereocenters. The van der Waals surface area contributed by atoms with E-state index in [1.807, 2.05) is 0 Å². The monoisotopic (exact) mass is 240 g/mol. The van der Waals surface area contributed by atoms with Crippen LogP contribution < -0.4 is 10.6 Å². The molecular formula is C11H20N4O2. The predicted octanol–water partition coefficient (Wildman–Crippen LogP) is 0.506. The molecule has 1 rings (SSSR count). The van der Waals surface area contributed by atoms with Crippen molar-refractivity contribution in [1.82, 2.24) is 20.8 Å². The maximum Gasteiger partial charge on any atom is 0.220 e. The zero-order chi connectivity index (χ0) is 12.5. The Balaban J connectivity index is 1.98. The Labute approximate surface area is 101 Å².